The van der Waals surface area contributed by atoms with Crippen molar-refractivity contribution in [2.75, 3.05) is 5.43 Å². The molecule has 0 bridgehead atoms. The van der Waals surface area contributed by atoms with Crippen molar-refractivity contribution in [2.45, 2.75) is 6.92 Å². The Labute approximate surface area is 125 Å². The number of para-hydroxylation sites is 2. The lowest BCUT2D eigenvalue weighted by molar-refractivity contribution is -0.385. The van der Waals surface area contributed by atoms with Crippen molar-refractivity contribution in [3.63, 3.8) is 0 Å². The highest BCUT2D eigenvalue weighted by atomic mass is 16.6. The maximum Gasteiger partial charge on any atom is 0.273 e. The van der Waals surface area contributed by atoms with Crippen molar-refractivity contribution in [2.24, 2.45) is 0 Å². The number of nitrogens with zero attached hydrogens (tertiary/aromatic N) is 3. The van der Waals surface area contributed by atoms with Gasteiger partial charge >= 0.3 is 0 Å². The van der Waals surface area contributed by atoms with E-state index in [1.165, 1.54) is 17.1 Å². The van der Waals surface area contributed by atoms with Crippen molar-refractivity contribution in [3.05, 3.63) is 70.0 Å². The predicted octanol–water partition coefficient (Wildman–Crippen LogP) is 2.64. The topological polar surface area (TPSA) is 90.1 Å². The molecule has 1 heterocycles. The second-order valence-electron chi connectivity index (χ2n) is 4.80. The molecular formula is C15H12N4O3. The van der Waals surface area contributed by atoms with Gasteiger partial charge in [0.25, 0.3) is 11.6 Å². The normalized spacial score (nSPS) is 10.6. The first kappa shape index (κ1) is 13.7. The van der Waals surface area contributed by atoms with Crippen LogP contribution in [0.3, 0.4) is 0 Å². The Bertz CT molecular complexity index is 885. The van der Waals surface area contributed by atoms with E-state index in [1.54, 1.807) is 19.1 Å². The van der Waals surface area contributed by atoms with Crippen LogP contribution in [0.5, 0.6) is 0 Å². The zero-order valence-corrected chi connectivity index (χ0v) is 11.7. The summed E-state index contributed by atoms with van der Waals surface area (Å²) in [5.74, 6) is -0.439. The number of nitro benzene ring substituents is 1. The maximum atomic E-state index is 12.3. The second-order valence-corrected chi connectivity index (χ2v) is 4.80. The number of amides is 1. The standard InChI is InChI=1S/C15H12N4O3/c1-10-6-7-11(8-14(10)19(21)22)15(20)17-18-9-16-12-4-2-3-5-13(12)18/h2-9H,1H3,(H,17,20). The Morgan fingerprint density at radius 2 is 2.05 bits per heavy atom. The number of nitrogens with one attached hydrogen (secondary N) is 1. The van der Waals surface area contributed by atoms with Gasteiger partial charge in [0.1, 0.15) is 6.33 Å². The average Bonchev–Trinajstić information content (AvgIpc) is 2.90. The Morgan fingerprint density at radius 1 is 1.27 bits per heavy atom. The molecule has 0 aliphatic carbocycles. The van der Waals surface area contributed by atoms with Gasteiger partial charge in [-0.1, -0.05) is 18.2 Å². The first-order chi connectivity index (χ1) is 10.6. The van der Waals surface area contributed by atoms with E-state index in [2.05, 4.69) is 10.4 Å². The SMILES string of the molecule is Cc1ccc(C(=O)Nn2cnc3ccccc32)cc1[N+](=O)[O-]. The third-order valence-corrected chi connectivity index (χ3v) is 3.34. The van der Waals surface area contributed by atoms with E-state index in [4.69, 9.17) is 0 Å². The fourth-order valence-electron chi connectivity index (χ4n) is 2.17. The first-order valence-corrected chi connectivity index (χ1v) is 6.55. The number of aromatic nitrogens is 2. The van der Waals surface area contributed by atoms with Crippen molar-refractivity contribution < 1.29 is 9.72 Å². The molecule has 1 amide bonds. The molecule has 22 heavy (non-hydrogen) atoms. The van der Waals surface area contributed by atoms with Gasteiger partial charge in [-0.2, -0.15) is 0 Å². The zero-order valence-electron chi connectivity index (χ0n) is 11.7. The smallest absolute Gasteiger partial charge is 0.267 e. The molecule has 0 unspecified atom stereocenters. The van der Waals surface area contributed by atoms with Crippen LogP contribution in [0.2, 0.25) is 0 Å². The highest BCUT2D eigenvalue weighted by Gasteiger charge is 2.15. The fourth-order valence-corrected chi connectivity index (χ4v) is 2.17. The minimum atomic E-state index is -0.501. The van der Waals surface area contributed by atoms with Crippen LogP contribution in [0.4, 0.5) is 5.69 Å². The number of imidazole rings is 1. The van der Waals surface area contributed by atoms with E-state index < -0.39 is 10.8 Å². The van der Waals surface area contributed by atoms with Crippen molar-refractivity contribution in [1.82, 2.24) is 9.66 Å². The molecule has 0 saturated carbocycles. The van der Waals surface area contributed by atoms with Gasteiger partial charge < -0.3 is 0 Å². The third kappa shape index (κ3) is 2.39. The lowest BCUT2D eigenvalue weighted by Crippen LogP contribution is -2.22. The Hall–Kier alpha value is -3.22. The van der Waals surface area contributed by atoms with E-state index in [9.17, 15) is 14.9 Å². The summed E-state index contributed by atoms with van der Waals surface area (Å²) < 4.78 is 1.49. The van der Waals surface area contributed by atoms with E-state index in [0.29, 0.717) is 5.56 Å². The number of benzene rings is 2. The average molecular weight is 296 g/mol. The molecule has 2 aromatic carbocycles. The minimum absolute atomic E-state index is 0.0804. The zero-order chi connectivity index (χ0) is 15.7. The number of aryl methyl sites for hydroxylation is 1. The lowest BCUT2D eigenvalue weighted by Gasteiger charge is -2.07. The molecule has 0 atom stereocenters. The largest absolute Gasteiger partial charge is 0.273 e. The van der Waals surface area contributed by atoms with Crippen LogP contribution in [0, 0.1) is 17.0 Å². The van der Waals surface area contributed by atoms with Crippen LogP contribution in [-0.4, -0.2) is 20.5 Å². The third-order valence-electron chi connectivity index (χ3n) is 3.34. The van der Waals surface area contributed by atoms with Crippen molar-refractivity contribution in [3.8, 4) is 0 Å². The Morgan fingerprint density at radius 3 is 2.82 bits per heavy atom. The molecule has 7 heteroatoms. The second kappa shape index (κ2) is 5.28. The molecular weight excluding hydrogens is 284 g/mol. The molecule has 3 aromatic rings. The van der Waals surface area contributed by atoms with E-state index in [-0.39, 0.29) is 11.3 Å². The van der Waals surface area contributed by atoms with Crippen molar-refractivity contribution in [1.29, 1.82) is 0 Å². The van der Waals surface area contributed by atoms with E-state index in [1.807, 2.05) is 24.3 Å². The van der Waals surface area contributed by atoms with E-state index in [0.717, 1.165) is 11.0 Å². The van der Waals surface area contributed by atoms with Gasteiger partial charge in [0, 0.05) is 17.2 Å². The van der Waals surface area contributed by atoms with Crippen molar-refractivity contribution >= 4 is 22.6 Å². The summed E-state index contributed by atoms with van der Waals surface area (Å²) in [7, 11) is 0. The molecule has 0 fully saturated rings. The van der Waals surface area contributed by atoms with Crippen LogP contribution < -0.4 is 5.43 Å². The van der Waals surface area contributed by atoms with Gasteiger partial charge in [0.2, 0.25) is 0 Å². The molecule has 0 saturated heterocycles. The summed E-state index contributed by atoms with van der Waals surface area (Å²) in [4.78, 5) is 26.9. The summed E-state index contributed by atoms with van der Waals surface area (Å²) >= 11 is 0. The summed E-state index contributed by atoms with van der Waals surface area (Å²) in [5.41, 5.74) is 4.80. The molecule has 0 spiro atoms. The van der Waals surface area contributed by atoms with Crippen LogP contribution >= 0.6 is 0 Å². The monoisotopic (exact) mass is 296 g/mol. The van der Waals surface area contributed by atoms with Crippen LogP contribution in [0.1, 0.15) is 15.9 Å². The number of carbonyl (C=O) groups is 1. The van der Waals surface area contributed by atoms with E-state index >= 15 is 0 Å². The quantitative estimate of drug-likeness (QED) is 0.594. The Balaban J connectivity index is 1.92. The number of nitro groups is 1. The van der Waals surface area contributed by atoms with Gasteiger partial charge in [-0.3, -0.25) is 20.3 Å². The molecule has 1 N–H and O–H groups in total. The van der Waals surface area contributed by atoms with Gasteiger partial charge in [-0.25, -0.2) is 9.66 Å². The molecule has 1 aromatic heterocycles. The highest BCUT2D eigenvalue weighted by molar-refractivity contribution is 6.01. The summed E-state index contributed by atoms with van der Waals surface area (Å²) in [6.07, 6.45) is 1.49. The minimum Gasteiger partial charge on any atom is -0.267 e. The molecule has 110 valence electrons. The molecule has 0 aliphatic rings. The summed E-state index contributed by atoms with van der Waals surface area (Å²) in [6.45, 7) is 1.63. The lowest BCUT2D eigenvalue weighted by atomic mass is 10.1. The summed E-state index contributed by atoms with van der Waals surface area (Å²) in [6, 6.07) is 11.7. The molecule has 7 nitrogen and oxygen atoms in total. The van der Waals surface area contributed by atoms with Gasteiger partial charge in [-0.05, 0) is 25.1 Å². The maximum absolute atomic E-state index is 12.3. The fraction of sp³-hybridized carbons (Fsp3) is 0.0667. The summed E-state index contributed by atoms with van der Waals surface area (Å²) in [5, 5.41) is 10.9. The van der Waals surface area contributed by atoms with Gasteiger partial charge in [0.05, 0.1) is 16.0 Å². The van der Waals surface area contributed by atoms with Crippen LogP contribution in [0.15, 0.2) is 48.8 Å². The Kier molecular flexibility index (Phi) is 3.30. The van der Waals surface area contributed by atoms with Gasteiger partial charge in [0.15, 0.2) is 0 Å². The molecule has 0 aliphatic heterocycles. The number of carbonyl (C=O) groups excluding carboxylic acids is 1. The number of hydrogen-bond acceptors (Lipinski definition) is 4. The predicted molar refractivity (Wildman–Crippen MR) is 81.3 cm³/mol. The number of rotatable bonds is 3. The van der Waals surface area contributed by atoms with Crippen LogP contribution in [-0.2, 0) is 0 Å². The van der Waals surface area contributed by atoms with Crippen LogP contribution in [0.25, 0.3) is 11.0 Å². The number of fused-ring (bicyclic) bond motifs is 1. The highest BCUT2D eigenvalue weighted by Crippen LogP contribution is 2.19. The molecule has 3 rings (SSSR count). The molecule has 0 radical (unpaired) electrons. The number of hydrogen-bond donors (Lipinski definition) is 1. The first-order valence-electron chi connectivity index (χ1n) is 6.55. The van der Waals surface area contributed by atoms with Gasteiger partial charge in [-0.15, -0.1) is 0 Å².